The lowest BCUT2D eigenvalue weighted by molar-refractivity contribution is -0.435. The summed E-state index contributed by atoms with van der Waals surface area (Å²) < 4.78 is 60.6. The number of nitrogens with one attached hydrogen (secondary N) is 1. The van der Waals surface area contributed by atoms with E-state index in [2.05, 4.69) is 16.0 Å². The Labute approximate surface area is 187 Å². The molecule has 0 saturated carbocycles. The van der Waals surface area contributed by atoms with Crippen molar-refractivity contribution in [1.82, 2.24) is 10.3 Å². The van der Waals surface area contributed by atoms with Gasteiger partial charge in [-0.25, -0.2) is 9.37 Å². The van der Waals surface area contributed by atoms with Crippen LogP contribution in [-0.2, 0) is 15.8 Å². The largest absolute Gasteiger partial charge is 0.489 e. The van der Waals surface area contributed by atoms with Gasteiger partial charge in [0.15, 0.2) is 0 Å². The molecule has 1 aromatic heterocycles. The molecular formula is C22H26F4N3O4+. The van der Waals surface area contributed by atoms with E-state index in [4.69, 9.17) is 4.74 Å². The maximum atomic E-state index is 13.8. The first-order valence-corrected chi connectivity index (χ1v) is 10.2. The monoisotopic (exact) mass is 472 g/mol. The van der Waals surface area contributed by atoms with Crippen LogP contribution in [0.5, 0.6) is 5.75 Å². The highest BCUT2D eigenvalue weighted by Crippen LogP contribution is 2.47. The number of carbonyl (C=O) groups excluding carboxylic acids is 1. The Morgan fingerprint density at radius 3 is 2.36 bits per heavy atom. The van der Waals surface area contributed by atoms with Crippen LogP contribution >= 0.6 is 0 Å². The molecule has 0 aliphatic carbocycles. The van der Waals surface area contributed by atoms with E-state index in [0.717, 1.165) is 18.2 Å². The second kappa shape index (κ2) is 8.23. The van der Waals surface area contributed by atoms with Crippen molar-refractivity contribution >= 4 is 5.91 Å². The van der Waals surface area contributed by atoms with E-state index >= 15 is 0 Å². The summed E-state index contributed by atoms with van der Waals surface area (Å²) >= 11 is 0. The second-order valence-electron chi connectivity index (χ2n) is 8.96. The normalized spacial score (nSPS) is 20.1. The molecule has 0 bridgehead atoms. The van der Waals surface area contributed by atoms with Crippen molar-refractivity contribution in [3.63, 3.8) is 0 Å². The molecule has 2 atom stereocenters. The quantitative estimate of drug-likeness (QED) is 0.474. The van der Waals surface area contributed by atoms with Crippen LogP contribution in [0, 0.1) is 5.82 Å². The molecule has 1 aliphatic rings. The van der Waals surface area contributed by atoms with Gasteiger partial charge >= 0.3 is 6.18 Å². The van der Waals surface area contributed by atoms with Gasteiger partial charge < -0.3 is 26.0 Å². The molecule has 2 heterocycles. The van der Waals surface area contributed by atoms with Gasteiger partial charge in [0.05, 0.1) is 11.3 Å². The van der Waals surface area contributed by atoms with Crippen LogP contribution in [0.25, 0.3) is 11.3 Å². The van der Waals surface area contributed by atoms with Crippen molar-refractivity contribution in [3.05, 3.63) is 47.4 Å². The Morgan fingerprint density at radius 2 is 1.85 bits per heavy atom. The average Bonchev–Trinajstić information content (AvgIpc) is 3.08. The Bertz CT molecular complexity index is 1050. The summed E-state index contributed by atoms with van der Waals surface area (Å²) in [4.78, 5) is 17.1. The number of quaternary nitrogens is 1. The summed E-state index contributed by atoms with van der Waals surface area (Å²) in [5.41, 5.74) is -3.32. The number of alkyl halides is 3. The average molecular weight is 472 g/mol. The maximum Gasteiger partial charge on any atom is 0.428 e. The van der Waals surface area contributed by atoms with E-state index in [-0.39, 0.29) is 35.7 Å². The summed E-state index contributed by atoms with van der Waals surface area (Å²) in [7, 11) is 0. The summed E-state index contributed by atoms with van der Waals surface area (Å²) in [6.07, 6.45) is -5.10. The lowest BCUT2D eigenvalue weighted by atomic mass is 9.81. The fourth-order valence-electron chi connectivity index (χ4n) is 3.49. The zero-order valence-corrected chi connectivity index (χ0v) is 18.4. The predicted molar refractivity (Wildman–Crippen MR) is 109 cm³/mol. The molecule has 0 unspecified atom stereocenters. The number of ether oxygens (including phenoxy) is 1. The van der Waals surface area contributed by atoms with Crippen molar-refractivity contribution < 1.29 is 43.0 Å². The number of hydrogen-bond acceptors (Lipinski definition) is 5. The number of halogens is 4. The van der Waals surface area contributed by atoms with E-state index in [9.17, 15) is 32.6 Å². The minimum absolute atomic E-state index is 0.0554. The first kappa shape index (κ1) is 24.9. The maximum absolute atomic E-state index is 13.8. The summed E-state index contributed by atoms with van der Waals surface area (Å²) in [5.74, 6) is -1.09. The zero-order chi connectivity index (χ0) is 24.8. The van der Waals surface area contributed by atoms with E-state index in [0.29, 0.717) is 0 Å². The van der Waals surface area contributed by atoms with Crippen molar-refractivity contribution in [2.24, 2.45) is 0 Å². The minimum atomic E-state index is -5.10. The number of amides is 1. The lowest BCUT2D eigenvalue weighted by Crippen LogP contribution is -2.65. The molecule has 1 amide bonds. The number of hydrogen-bond donors (Lipinski definition) is 4. The third-order valence-electron chi connectivity index (χ3n) is 5.63. The summed E-state index contributed by atoms with van der Waals surface area (Å²) in [6.45, 7) is 3.17. The predicted octanol–water partition coefficient (Wildman–Crippen LogP) is 1.42. The molecule has 0 fully saturated rings. The molecule has 180 valence electrons. The lowest BCUT2D eigenvalue weighted by Gasteiger charge is -2.29. The first-order valence-electron chi connectivity index (χ1n) is 10.2. The molecule has 1 aromatic carbocycles. The van der Waals surface area contributed by atoms with Crippen molar-refractivity contribution in [2.45, 2.75) is 43.6 Å². The van der Waals surface area contributed by atoms with Gasteiger partial charge in [0.1, 0.15) is 35.8 Å². The van der Waals surface area contributed by atoms with Crippen molar-refractivity contribution in [3.8, 4) is 17.0 Å². The van der Waals surface area contributed by atoms with Crippen molar-refractivity contribution in [2.75, 3.05) is 19.7 Å². The molecule has 33 heavy (non-hydrogen) atoms. The van der Waals surface area contributed by atoms with E-state index in [1.54, 1.807) is 0 Å². The van der Waals surface area contributed by atoms with Gasteiger partial charge in [-0.05, 0) is 51.1 Å². The Balaban J connectivity index is 2.22. The third-order valence-corrected chi connectivity index (χ3v) is 5.63. The topological polar surface area (TPSA) is 119 Å². The van der Waals surface area contributed by atoms with E-state index in [1.807, 2.05) is 0 Å². The highest BCUT2D eigenvalue weighted by atomic mass is 19.4. The van der Waals surface area contributed by atoms with Crippen LogP contribution in [0.15, 0.2) is 30.3 Å². The smallest absolute Gasteiger partial charge is 0.428 e. The number of carbonyl (C=O) groups is 1. The van der Waals surface area contributed by atoms with Crippen LogP contribution in [0.3, 0.4) is 0 Å². The second-order valence-corrected chi connectivity index (χ2v) is 8.96. The van der Waals surface area contributed by atoms with Gasteiger partial charge in [-0.1, -0.05) is 0 Å². The van der Waals surface area contributed by atoms with E-state index in [1.165, 1.54) is 32.9 Å². The Hall–Kier alpha value is -2.76. The van der Waals surface area contributed by atoms with Gasteiger partial charge in [-0.2, -0.15) is 13.2 Å². The highest BCUT2D eigenvalue weighted by Gasteiger charge is 2.58. The van der Waals surface area contributed by atoms with Crippen LogP contribution in [-0.4, -0.2) is 52.6 Å². The molecule has 6 N–H and O–H groups in total. The Kier molecular flexibility index (Phi) is 6.20. The fourth-order valence-corrected chi connectivity index (χ4v) is 3.49. The molecule has 11 heteroatoms. The summed E-state index contributed by atoms with van der Waals surface area (Å²) in [6, 6.07) is 5.84. The molecular weight excluding hydrogens is 446 g/mol. The number of rotatable bonds is 6. The number of benzene rings is 1. The number of nitrogens with zero attached hydrogens (tertiary/aromatic N) is 1. The molecule has 2 aromatic rings. The molecule has 0 radical (unpaired) electrons. The fraction of sp³-hybridized carbons (Fsp3) is 0.455. The minimum Gasteiger partial charge on any atom is -0.489 e. The van der Waals surface area contributed by atoms with Gasteiger partial charge in [0, 0.05) is 17.7 Å². The van der Waals surface area contributed by atoms with Gasteiger partial charge in [-0.3, -0.25) is 4.79 Å². The number of fused-ring (bicyclic) bond motifs is 1. The molecule has 7 nitrogen and oxygen atoms in total. The molecule has 3 rings (SSSR count). The standard InChI is InChI=1S/C22H25F4N3O4/c1-19(2,31)10-28-18(30)20(3)11-33-17-14(20)8-15(21(32,9-27)22(24,25)26)29-16(17)12-4-6-13(23)7-5-12/h4-8,31-32H,9-11,27H2,1-3H3,(H,28,30)/p+1/t20-,21-/m0/s1. The van der Waals surface area contributed by atoms with E-state index < -0.39 is 46.8 Å². The van der Waals surface area contributed by atoms with Gasteiger partial charge in [-0.15, -0.1) is 0 Å². The molecule has 1 aliphatic heterocycles. The number of aliphatic hydroxyl groups is 2. The van der Waals surface area contributed by atoms with Crippen LogP contribution in [0.4, 0.5) is 17.6 Å². The van der Waals surface area contributed by atoms with Gasteiger partial charge in [0.2, 0.25) is 5.91 Å². The Morgan fingerprint density at radius 1 is 1.24 bits per heavy atom. The molecule has 0 spiro atoms. The van der Waals surface area contributed by atoms with Crippen molar-refractivity contribution in [1.29, 1.82) is 0 Å². The van der Waals surface area contributed by atoms with Crippen LogP contribution < -0.4 is 15.8 Å². The zero-order valence-electron chi connectivity index (χ0n) is 18.4. The van der Waals surface area contributed by atoms with Gasteiger partial charge in [0.25, 0.3) is 5.60 Å². The third kappa shape index (κ3) is 4.53. The van der Waals surface area contributed by atoms with Crippen LogP contribution in [0.2, 0.25) is 0 Å². The SMILES string of the molecule is CC(C)(O)CNC(=O)[C@@]1(C)COc2c1cc([C@@](O)(C[NH3+])C(F)(F)F)nc2-c1ccc(F)cc1. The first-order chi connectivity index (χ1) is 15.1. The number of aromatic nitrogens is 1. The molecule has 0 saturated heterocycles. The number of pyridine rings is 1. The summed E-state index contributed by atoms with van der Waals surface area (Å²) in [5, 5.41) is 23.0. The van der Waals surface area contributed by atoms with Crippen LogP contribution in [0.1, 0.15) is 32.0 Å². The highest BCUT2D eigenvalue weighted by molar-refractivity contribution is 5.91.